The van der Waals surface area contributed by atoms with Crippen LogP contribution in [0.4, 0.5) is 4.39 Å². The van der Waals surface area contributed by atoms with Gasteiger partial charge in [-0.15, -0.1) is 0 Å². The summed E-state index contributed by atoms with van der Waals surface area (Å²) in [6, 6.07) is 2.25. The predicted molar refractivity (Wildman–Crippen MR) is 149 cm³/mol. The minimum absolute atomic E-state index is 0.00865. The maximum atomic E-state index is 15.0. The number of benzene rings is 1. The maximum Gasteiger partial charge on any atom is 0.309 e. The molecule has 2 bridgehead atoms. The van der Waals surface area contributed by atoms with Crippen LogP contribution in [-0.4, -0.2) is 48.2 Å². The van der Waals surface area contributed by atoms with E-state index in [2.05, 4.69) is 38.3 Å². The van der Waals surface area contributed by atoms with Crippen molar-refractivity contribution in [2.45, 2.75) is 97.8 Å². The van der Waals surface area contributed by atoms with Crippen molar-refractivity contribution in [3.63, 3.8) is 0 Å². The molecule has 3 aliphatic rings. The molecule has 1 aromatic carbocycles. The van der Waals surface area contributed by atoms with Crippen LogP contribution in [0.2, 0.25) is 0 Å². The topological polar surface area (TPSA) is 114 Å². The average molecular weight is 561 g/mol. The number of ether oxygens (including phenoxy) is 2. The number of fused-ring (bicyclic) bond motifs is 2. The summed E-state index contributed by atoms with van der Waals surface area (Å²) in [5, 5.41) is 15.9. The molecule has 40 heavy (non-hydrogen) atoms. The van der Waals surface area contributed by atoms with Gasteiger partial charge in [-0.2, -0.15) is 0 Å². The van der Waals surface area contributed by atoms with Crippen molar-refractivity contribution in [3.8, 4) is 11.5 Å². The van der Waals surface area contributed by atoms with E-state index in [9.17, 15) is 23.9 Å². The molecule has 0 saturated heterocycles. The number of nitrogens with one attached hydrogen (secondary N) is 2. The van der Waals surface area contributed by atoms with E-state index in [1.807, 2.05) is 0 Å². The fourth-order valence-corrected chi connectivity index (χ4v) is 7.18. The Kier molecular flexibility index (Phi) is 9.00. The van der Waals surface area contributed by atoms with Crippen LogP contribution in [0.25, 0.3) is 0 Å². The van der Waals surface area contributed by atoms with Gasteiger partial charge >= 0.3 is 5.97 Å². The summed E-state index contributed by atoms with van der Waals surface area (Å²) in [6.45, 7) is 10.1. The van der Waals surface area contributed by atoms with E-state index in [-0.39, 0.29) is 58.9 Å². The second kappa shape index (κ2) is 12.0. The molecular formula is C31H45FN2O6. The molecule has 3 N–H and O–H groups in total. The third-order valence-corrected chi connectivity index (χ3v) is 9.61. The number of rotatable bonds is 10. The number of carbonyl (C=O) groups excluding carboxylic acids is 2. The molecule has 3 aliphatic carbocycles. The van der Waals surface area contributed by atoms with Crippen molar-refractivity contribution in [1.29, 1.82) is 0 Å². The third-order valence-electron chi connectivity index (χ3n) is 9.61. The Morgan fingerprint density at radius 2 is 1.62 bits per heavy atom. The van der Waals surface area contributed by atoms with Gasteiger partial charge in [-0.25, -0.2) is 4.39 Å². The molecule has 0 heterocycles. The number of hydrogen-bond acceptors (Lipinski definition) is 5. The molecule has 0 aliphatic heterocycles. The number of aliphatic carboxylic acids is 1. The predicted octanol–water partition coefficient (Wildman–Crippen LogP) is 5.19. The highest BCUT2D eigenvalue weighted by atomic mass is 19.1. The normalized spacial score (nSPS) is 29.6. The molecule has 4 atom stereocenters. The average Bonchev–Trinajstić information content (AvgIpc) is 3.51. The lowest BCUT2D eigenvalue weighted by Gasteiger charge is -2.34. The van der Waals surface area contributed by atoms with Gasteiger partial charge in [-0.1, -0.05) is 27.7 Å². The van der Waals surface area contributed by atoms with E-state index in [1.165, 1.54) is 13.2 Å². The summed E-state index contributed by atoms with van der Waals surface area (Å²) in [6.07, 6.45) is 4.31. The minimum atomic E-state index is -0.836. The quantitative estimate of drug-likeness (QED) is 0.363. The van der Waals surface area contributed by atoms with E-state index in [0.29, 0.717) is 37.5 Å². The molecule has 0 radical (unpaired) electrons. The largest absolute Gasteiger partial charge is 0.496 e. The Balaban J connectivity index is 1.50. The lowest BCUT2D eigenvalue weighted by molar-refractivity contribution is -0.150. The van der Waals surface area contributed by atoms with Crippen LogP contribution in [-0.2, 0) is 9.59 Å². The smallest absolute Gasteiger partial charge is 0.309 e. The Morgan fingerprint density at radius 1 is 1.00 bits per heavy atom. The minimum Gasteiger partial charge on any atom is -0.496 e. The zero-order chi connectivity index (χ0) is 29.4. The zero-order valence-corrected chi connectivity index (χ0v) is 24.6. The van der Waals surface area contributed by atoms with Crippen LogP contribution in [0.1, 0.15) is 89.9 Å². The Hall–Kier alpha value is -2.84. The van der Waals surface area contributed by atoms with Crippen LogP contribution in [0.15, 0.2) is 12.1 Å². The molecule has 0 aromatic heterocycles. The summed E-state index contributed by atoms with van der Waals surface area (Å²) in [7, 11) is 1.38. The Labute approximate surface area is 236 Å². The molecule has 0 spiro atoms. The van der Waals surface area contributed by atoms with Crippen molar-refractivity contribution < 1.29 is 33.4 Å². The molecule has 1 aromatic rings. The fourth-order valence-electron chi connectivity index (χ4n) is 7.18. The number of carboxylic acids is 1. The first-order valence-corrected chi connectivity index (χ1v) is 14.7. The van der Waals surface area contributed by atoms with Crippen molar-refractivity contribution in [2.24, 2.45) is 35.0 Å². The first-order valence-electron chi connectivity index (χ1n) is 14.7. The van der Waals surface area contributed by atoms with Crippen LogP contribution in [0, 0.1) is 40.8 Å². The summed E-state index contributed by atoms with van der Waals surface area (Å²) in [4.78, 5) is 38.7. The summed E-state index contributed by atoms with van der Waals surface area (Å²) < 4.78 is 26.3. The number of amides is 2. The number of hydrogen-bond donors (Lipinski definition) is 3. The van der Waals surface area contributed by atoms with Crippen LogP contribution in [0.5, 0.6) is 11.5 Å². The first kappa shape index (κ1) is 30.1. The first-order chi connectivity index (χ1) is 18.8. The van der Waals surface area contributed by atoms with Crippen molar-refractivity contribution in [2.75, 3.05) is 7.11 Å². The van der Waals surface area contributed by atoms with Gasteiger partial charge in [-0.05, 0) is 81.6 Å². The van der Waals surface area contributed by atoms with Gasteiger partial charge in [0.2, 0.25) is 5.91 Å². The molecular weight excluding hydrogens is 515 g/mol. The van der Waals surface area contributed by atoms with E-state index in [0.717, 1.165) is 25.3 Å². The Bertz CT molecular complexity index is 1110. The molecule has 4 rings (SSSR count). The number of halogens is 1. The summed E-state index contributed by atoms with van der Waals surface area (Å²) in [5.41, 5.74) is -0.661. The van der Waals surface area contributed by atoms with Crippen molar-refractivity contribution >= 4 is 17.8 Å². The van der Waals surface area contributed by atoms with Crippen molar-refractivity contribution in [3.05, 3.63) is 23.5 Å². The molecule has 3 saturated carbocycles. The van der Waals surface area contributed by atoms with E-state index in [4.69, 9.17) is 9.47 Å². The number of carbonyl (C=O) groups is 3. The molecule has 9 heteroatoms. The van der Waals surface area contributed by atoms with Gasteiger partial charge in [0.15, 0.2) is 11.6 Å². The van der Waals surface area contributed by atoms with Gasteiger partial charge in [-0.3, -0.25) is 14.4 Å². The van der Waals surface area contributed by atoms with E-state index in [1.54, 1.807) is 6.92 Å². The summed E-state index contributed by atoms with van der Waals surface area (Å²) >= 11 is 0. The van der Waals surface area contributed by atoms with Gasteiger partial charge < -0.3 is 25.2 Å². The van der Waals surface area contributed by atoms with Gasteiger partial charge in [0.05, 0.1) is 30.1 Å². The van der Waals surface area contributed by atoms with Crippen LogP contribution >= 0.6 is 0 Å². The standard InChI is InChI=1S/C31H45FN2O6/c1-16(2)26(17(3)4)33-29(36)25-18-7-8-19(13-18)27(25)34-28(35)21-14-24(22(32)15-23(21)39-6)40-20-9-11-31(5,12-10-20)30(37)38/h14-20,25-27H,7-13H2,1-6H3,(H,33,36)(H,34,35)(H,37,38)/t18-,19+,20?,25+,27-,31?/m1/s1. The summed E-state index contributed by atoms with van der Waals surface area (Å²) in [5.74, 6) is -1.17. The van der Waals surface area contributed by atoms with Gasteiger partial charge in [0.1, 0.15) is 5.75 Å². The lowest BCUT2D eigenvalue weighted by Crippen LogP contribution is -2.53. The highest BCUT2D eigenvalue weighted by molar-refractivity contribution is 5.98. The number of carboxylic acid groups (broad SMARTS) is 1. The Morgan fingerprint density at radius 3 is 2.20 bits per heavy atom. The fraction of sp³-hybridized carbons (Fsp3) is 0.710. The molecule has 0 unspecified atom stereocenters. The molecule has 2 amide bonds. The SMILES string of the molecule is COc1cc(F)c(OC2CCC(C)(C(=O)O)CC2)cc1C(=O)N[C@@H]1[C@H]2CC[C@H](C2)[C@@H]1C(=O)NC(C(C)C)C(C)C. The van der Waals surface area contributed by atoms with Gasteiger partial charge in [0.25, 0.3) is 5.91 Å². The number of methoxy groups -OCH3 is 1. The van der Waals surface area contributed by atoms with E-state index >= 15 is 0 Å². The monoisotopic (exact) mass is 560 g/mol. The maximum absolute atomic E-state index is 15.0. The highest BCUT2D eigenvalue weighted by Crippen LogP contribution is 2.49. The van der Waals surface area contributed by atoms with Crippen LogP contribution in [0.3, 0.4) is 0 Å². The van der Waals surface area contributed by atoms with Crippen molar-refractivity contribution in [1.82, 2.24) is 10.6 Å². The lowest BCUT2D eigenvalue weighted by atomic mass is 9.75. The highest BCUT2D eigenvalue weighted by Gasteiger charge is 2.52. The second-order valence-electron chi connectivity index (χ2n) is 13.0. The second-order valence-corrected chi connectivity index (χ2v) is 13.0. The van der Waals surface area contributed by atoms with E-state index < -0.39 is 23.1 Å². The molecule has 222 valence electrons. The molecule has 8 nitrogen and oxygen atoms in total. The van der Waals surface area contributed by atoms with Crippen LogP contribution < -0.4 is 20.1 Å². The van der Waals surface area contributed by atoms with Gasteiger partial charge in [0, 0.05) is 18.2 Å². The zero-order valence-electron chi connectivity index (χ0n) is 24.6. The third kappa shape index (κ3) is 6.08. The molecule has 3 fully saturated rings.